The first kappa shape index (κ1) is 17.1. The number of ether oxygens (including phenoxy) is 1. The number of benzene rings is 3. The van der Waals surface area contributed by atoms with Crippen LogP contribution < -0.4 is 0 Å². The Morgan fingerprint density at radius 1 is 0.821 bits per heavy atom. The van der Waals surface area contributed by atoms with Crippen molar-refractivity contribution in [1.29, 1.82) is 0 Å². The molecule has 5 rings (SSSR count). The molecule has 1 atom stereocenters. The van der Waals surface area contributed by atoms with Crippen molar-refractivity contribution in [3.8, 4) is 0 Å². The molecule has 3 aromatic rings. The summed E-state index contributed by atoms with van der Waals surface area (Å²) in [5.41, 5.74) is 3.93. The van der Waals surface area contributed by atoms with E-state index >= 15 is 0 Å². The first-order valence-electron chi connectivity index (χ1n) is 9.94. The summed E-state index contributed by atoms with van der Waals surface area (Å²) in [7, 11) is 0. The first-order chi connectivity index (χ1) is 13.9. The Morgan fingerprint density at radius 3 is 2.00 bits per heavy atom. The van der Waals surface area contributed by atoms with Gasteiger partial charge in [0.1, 0.15) is 6.61 Å². The van der Waals surface area contributed by atoms with Gasteiger partial charge in [-0.1, -0.05) is 91.0 Å². The number of amidine groups is 1. The Morgan fingerprint density at radius 2 is 1.39 bits per heavy atom. The fourth-order valence-corrected chi connectivity index (χ4v) is 4.60. The van der Waals surface area contributed by atoms with Crippen LogP contribution in [0.15, 0.2) is 96.0 Å². The van der Waals surface area contributed by atoms with Crippen molar-refractivity contribution in [2.75, 3.05) is 13.2 Å². The fourth-order valence-electron chi connectivity index (χ4n) is 4.60. The molecule has 0 amide bonds. The number of aliphatic imine (C=N–C) groups is 1. The highest BCUT2D eigenvalue weighted by atomic mass is 16.5. The molecule has 3 aromatic carbocycles. The zero-order valence-corrected chi connectivity index (χ0v) is 15.9. The molecule has 3 nitrogen and oxygen atoms in total. The molecule has 2 aliphatic heterocycles. The highest BCUT2D eigenvalue weighted by molar-refractivity contribution is 5.77. The quantitative estimate of drug-likeness (QED) is 0.670. The van der Waals surface area contributed by atoms with Crippen LogP contribution >= 0.6 is 0 Å². The molecule has 0 bridgehead atoms. The van der Waals surface area contributed by atoms with Gasteiger partial charge in [-0.05, 0) is 23.1 Å². The van der Waals surface area contributed by atoms with Crippen molar-refractivity contribution in [2.45, 2.75) is 24.4 Å². The Kier molecular flexibility index (Phi) is 4.36. The third kappa shape index (κ3) is 2.97. The standard InChI is InChI=1S/C25H24N2O/c1-4-10-20(11-5-1)17-26-24-27-19-25(16-23(27)18-28-24,21-12-6-2-7-13-21)22-14-8-3-9-15-22/h1-15,23H,16-19H2. The molecule has 0 spiro atoms. The van der Waals surface area contributed by atoms with Crippen LogP contribution in [0, 0.1) is 0 Å². The predicted molar refractivity (Wildman–Crippen MR) is 112 cm³/mol. The van der Waals surface area contributed by atoms with Gasteiger partial charge < -0.3 is 9.64 Å². The molecular weight excluding hydrogens is 344 g/mol. The molecular formula is C25H24N2O. The molecule has 2 heterocycles. The minimum atomic E-state index is -0.0233. The molecule has 0 aromatic heterocycles. The van der Waals surface area contributed by atoms with E-state index < -0.39 is 0 Å². The second-order valence-electron chi connectivity index (χ2n) is 7.70. The van der Waals surface area contributed by atoms with Crippen molar-refractivity contribution >= 4 is 6.02 Å². The summed E-state index contributed by atoms with van der Waals surface area (Å²) in [6, 6.07) is 33.3. The fraction of sp³-hybridized carbons (Fsp3) is 0.240. The van der Waals surface area contributed by atoms with Crippen molar-refractivity contribution < 1.29 is 4.74 Å². The van der Waals surface area contributed by atoms with E-state index in [0.717, 1.165) is 25.6 Å². The minimum absolute atomic E-state index is 0.0233. The zero-order valence-electron chi connectivity index (χ0n) is 15.9. The Labute approximate surface area is 166 Å². The van der Waals surface area contributed by atoms with E-state index in [4.69, 9.17) is 9.73 Å². The molecule has 0 radical (unpaired) electrons. The first-order valence-corrected chi connectivity index (χ1v) is 9.94. The molecule has 2 aliphatic rings. The van der Waals surface area contributed by atoms with E-state index in [2.05, 4.69) is 89.8 Å². The molecule has 1 unspecified atom stereocenters. The Hall–Kier alpha value is -3.07. The SMILES string of the molecule is c1ccc(CN=C2OCC3CC(c4ccccc4)(c4ccccc4)CN23)cc1. The highest BCUT2D eigenvalue weighted by Gasteiger charge is 2.50. The molecule has 2 saturated heterocycles. The van der Waals surface area contributed by atoms with E-state index in [1.807, 2.05) is 6.07 Å². The van der Waals surface area contributed by atoms with E-state index in [-0.39, 0.29) is 5.41 Å². The summed E-state index contributed by atoms with van der Waals surface area (Å²) in [5.74, 6) is 0. The third-order valence-electron chi connectivity index (χ3n) is 6.01. The van der Waals surface area contributed by atoms with Gasteiger partial charge in [-0.2, -0.15) is 0 Å². The molecule has 0 saturated carbocycles. The van der Waals surface area contributed by atoms with Gasteiger partial charge in [0.15, 0.2) is 0 Å². The molecule has 140 valence electrons. The number of hydrogen-bond donors (Lipinski definition) is 0. The lowest BCUT2D eigenvalue weighted by Crippen LogP contribution is -2.34. The maximum absolute atomic E-state index is 5.98. The van der Waals surface area contributed by atoms with Crippen LogP contribution in [-0.4, -0.2) is 30.1 Å². The molecule has 3 heteroatoms. The third-order valence-corrected chi connectivity index (χ3v) is 6.01. The number of fused-ring (bicyclic) bond motifs is 1. The maximum atomic E-state index is 5.98. The normalized spacial score (nSPS) is 21.5. The summed E-state index contributed by atoms with van der Waals surface area (Å²) in [4.78, 5) is 7.19. The van der Waals surface area contributed by atoms with Crippen LogP contribution in [0.2, 0.25) is 0 Å². The van der Waals surface area contributed by atoms with E-state index in [1.165, 1.54) is 16.7 Å². The van der Waals surface area contributed by atoms with Gasteiger partial charge in [-0.15, -0.1) is 0 Å². The molecule has 28 heavy (non-hydrogen) atoms. The molecule has 0 aliphatic carbocycles. The highest BCUT2D eigenvalue weighted by Crippen LogP contribution is 2.45. The van der Waals surface area contributed by atoms with Crippen LogP contribution in [0.4, 0.5) is 0 Å². The van der Waals surface area contributed by atoms with Gasteiger partial charge >= 0.3 is 0 Å². The lowest BCUT2D eigenvalue weighted by molar-refractivity contribution is 0.312. The van der Waals surface area contributed by atoms with Gasteiger partial charge in [0.25, 0.3) is 6.02 Å². The van der Waals surface area contributed by atoms with Crippen LogP contribution in [0.5, 0.6) is 0 Å². The van der Waals surface area contributed by atoms with Crippen LogP contribution in [0.1, 0.15) is 23.1 Å². The Bertz CT molecular complexity index is 914. The summed E-state index contributed by atoms with van der Waals surface area (Å²) < 4.78 is 5.98. The summed E-state index contributed by atoms with van der Waals surface area (Å²) in [5, 5.41) is 0. The van der Waals surface area contributed by atoms with Gasteiger partial charge in [-0.3, -0.25) is 0 Å². The number of nitrogens with zero attached hydrogens (tertiary/aromatic N) is 2. The van der Waals surface area contributed by atoms with Crippen molar-refractivity contribution in [3.05, 3.63) is 108 Å². The van der Waals surface area contributed by atoms with Crippen LogP contribution in [0.25, 0.3) is 0 Å². The average molecular weight is 368 g/mol. The molecule has 0 N–H and O–H groups in total. The van der Waals surface area contributed by atoms with Crippen molar-refractivity contribution in [3.63, 3.8) is 0 Å². The van der Waals surface area contributed by atoms with Crippen LogP contribution in [0.3, 0.4) is 0 Å². The summed E-state index contributed by atoms with van der Waals surface area (Å²) in [6.45, 7) is 2.28. The average Bonchev–Trinajstić information content (AvgIpc) is 3.33. The van der Waals surface area contributed by atoms with Gasteiger partial charge in [0.2, 0.25) is 0 Å². The number of hydrogen-bond acceptors (Lipinski definition) is 2. The van der Waals surface area contributed by atoms with Gasteiger partial charge in [0.05, 0.1) is 12.6 Å². The maximum Gasteiger partial charge on any atom is 0.288 e. The van der Waals surface area contributed by atoms with E-state index in [9.17, 15) is 0 Å². The Balaban J connectivity index is 1.48. The molecule has 2 fully saturated rings. The second-order valence-corrected chi connectivity index (χ2v) is 7.70. The minimum Gasteiger partial charge on any atom is -0.463 e. The van der Waals surface area contributed by atoms with Gasteiger partial charge in [0, 0.05) is 12.0 Å². The predicted octanol–water partition coefficient (Wildman–Crippen LogP) is 4.63. The van der Waals surface area contributed by atoms with E-state index in [1.54, 1.807) is 0 Å². The summed E-state index contributed by atoms with van der Waals surface area (Å²) in [6.07, 6.45) is 1.05. The van der Waals surface area contributed by atoms with Crippen LogP contribution in [-0.2, 0) is 16.7 Å². The zero-order chi connectivity index (χ0) is 18.8. The lowest BCUT2D eigenvalue weighted by Gasteiger charge is -2.31. The van der Waals surface area contributed by atoms with Crippen molar-refractivity contribution in [1.82, 2.24) is 4.90 Å². The van der Waals surface area contributed by atoms with Gasteiger partial charge in [-0.25, -0.2) is 4.99 Å². The summed E-state index contributed by atoms with van der Waals surface area (Å²) >= 11 is 0. The van der Waals surface area contributed by atoms with E-state index in [0.29, 0.717) is 12.6 Å². The number of rotatable bonds is 4. The lowest BCUT2D eigenvalue weighted by atomic mass is 9.73. The second kappa shape index (κ2) is 7.16. The smallest absolute Gasteiger partial charge is 0.288 e. The monoisotopic (exact) mass is 368 g/mol. The topological polar surface area (TPSA) is 24.8 Å². The van der Waals surface area contributed by atoms with Crippen molar-refractivity contribution in [2.24, 2.45) is 4.99 Å². The largest absolute Gasteiger partial charge is 0.463 e.